The molecular weight excluding hydrogens is 358 g/mol. The van der Waals surface area contributed by atoms with E-state index in [9.17, 15) is 4.79 Å². The maximum atomic E-state index is 12.5. The summed E-state index contributed by atoms with van der Waals surface area (Å²) in [5.74, 6) is 2.04. The fourth-order valence-electron chi connectivity index (χ4n) is 3.33. The zero-order valence-corrected chi connectivity index (χ0v) is 16.0. The number of rotatable bonds is 6. The van der Waals surface area contributed by atoms with Crippen LogP contribution in [0.5, 0.6) is 5.75 Å². The monoisotopic (exact) mass is 381 g/mol. The van der Waals surface area contributed by atoms with Crippen LogP contribution in [0.15, 0.2) is 41.3 Å². The number of aryl methyl sites for hydroxylation is 2. The van der Waals surface area contributed by atoms with Crippen molar-refractivity contribution in [1.82, 2.24) is 24.6 Å². The number of imidazole rings is 1. The third kappa shape index (κ3) is 4.05. The van der Waals surface area contributed by atoms with E-state index in [2.05, 4.69) is 15.1 Å². The summed E-state index contributed by atoms with van der Waals surface area (Å²) in [6.07, 6.45) is 4.74. The first-order valence-electron chi connectivity index (χ1n) is 9.37. The van der Waals surface area contributed by atoms with Crippen molar-refractivity contribution in [1.29, 1.82) is 0 Å². The van der Waals surface area contributed by atoms with Crippen molar-refractivity contribution in [3.8, 4) is 5.75 Å². The van der Waals surface area contributed by atoms with E-state index in [4.69, 9.17) is 9.26 Å². The molecule has 3 aromatic rings. The van der Waals surface area contributed by atoms with E-state index < -0.39 is 0 Å². The second-order valence-corrected chi connectivity index (χ2v) is 7.12. The van der Waals surface area contributed by atoms with E-state index in [1.165, 1.54) is 0 Å². The van der Waals surface area contributed by atoms with E-state index in [0.29, 0.717) is 43.5 Å². The molecule has 8 nitrogen and oxygen atoms in total. The Bertz CT molecular complexity index is 964. The van der Waals surface area contributed by atoms with Gasteiger partial charge in [-0.1, -0.05) is 17.3 Å². The average Bonchev–Trinajstić information content (AvgIpc) is 3.41. The predicted octanol–water partition coefficient (Wildman–Crippen LogP) is 2.36. The van der Waals surface area contributed by atoms with Crippen molar-refractivity contribution < 1.29 is 14.1 Å². The summed E-state index contributed by atoms with van der Waals surface area (Å²) in [6.45, 7) is 3.74. The molecule has 1 atom stereocenters. The molecular formula is C20H23N5O3. The minimum Gasteiger partial charge on any atom is -0.493 e. The summed E-state index contributed by atoms with van der Waals surface area (Å²) in [4.78, 5) is 22.9. The molecule has 146 valence electrons. The van der Waals surface area contributed by atoms with Crippen LogP contribution in [0.25, 0.3) is 0 Å². The summed E-state index contributed by atoms with van der Waals surface area (Å²) in [6, 6.07) is 7.92. The van der Waals surface area contributed by atoms with Crippen molar-refractivity contribution in [3.05, 3.63) is 59.8 Å². The highest BCUT2D eigenvalue weighted by molar-refractivity contribution is 5.92. The van der Waals surface area contributed by atoms with Crippen molar-refractivity contribution >= 4 is 5.91 Å². The first kappa shape index (κ1) is 18.2. The lowest BCUT2D eigenvalue weighted by molar-refractivity contribution is 0.0784. The molecule has 0 spiro atoms. The molecule has 0 saturated carbocycles. The first-order chi connectivity index (χ1) is 13.6. The van der Waals surface area contributed by atoms with Crippen molar-refractivity contribution in [3.63, 3.8) is 0 Å². The second kappa shape index (κ2) is 7.84. The van der Waals surface area contributed by atoms with Gasteiger partial charge in [0.2, 0.25) is 5.89 Å². The summed E-state index contributed by atoms with van der Waals surface area (Å²) in [5.41, 5.74) is 1.62. The molecule has 1 aliphatic rings. The number of amides is 1. The molecule has 1 fully saturated rings. The van der Waals surface area contributed by atoms with E-state index in [-0.39, 0.29) is 11.8 Å². The maximum Gasteiger partial charge on any atom is 0.274 e. The highest BCUT2D eigenvalue weighted by atomic mass is 16.5. The molecule has 2 aromatic heterocycles. The summed E-state index contributed by atoms with van der Waals surface area (Å²) >= 11 is 0. The highest BCUT2D eigenvalue weighted by Gasteiger charge is 2.32. The quantitative estimate of drug-likeness (QED) is 0.652. The molecule has 1 amide bonds. The predicted molar refractivity (Wildman–Crippen MR) is 101 cm³/mol. The Balaban J connectivity index is 1.30. The zero-order valence-electron chi connectivity index (χ0n) is 16.0. The van der Waals surface area contributed by atoms with Gasteiger partial charge in [-0.3, -0.25) is 4.79 Å². The Hall–Kier alpha value is -3.16. The zero-order chi connectivity index (χ0) is 19.5. The molecule has 0 N–H and O–H groups in total. The Morgan fingerprint density at radius 2 is 2.29 bits per heavy atom. The van der Waals surface area contributed by atoms with Gasteiger partial charge in [0.25, 0.3) is 5.91 Å². The largest absolute Gasteiger partial charge is 0.493 e. The Morgan fingerprint density at radius 1 is 1.39 bits per heavy atom. The first-order valence-corrected chi connectivity index (χ1v) is 9.37. The van der Waals surface area contributed by atoms with Crippen LogP contribution >= 0.6 is 0 Å². The topological polar surface area (TPSA) is 86.3 Å². The number of nitrogens with zero attached hydrogens (tertiary/aromatic N) is 5. The minimum atomic E-state index is -0.0607. The molecule has 0 bridgehead atoms. The summed E-state index contributed by atoms with van der Waals surface area (Å²) < 4.78 is 12.9. The van der Waals surface area contributed by atoms with E-state index >= 15 is 0 Å². The number of benzene rings is 1. The molecule has 8 heteroatoms. The lowest BCUT2D eigenvalue weighted by atomic mass is 10.1. The average molecular weight is 381 g/mol. The van der Waals surface area contributed by atoms with Gasteiger partial charge >= 0.3 is 0 Å². The number of hydrogen-bond donors (Lipinski definition) is 0. The third-order valence-corrected chi connectivity index (χ3v) is 4.82. The fourth-order valence-corrected chi connectivity index (χ4v) is 3.33. The smallest absolute Gasteiger partial charge is 0.274 e. The molecule has 28 heavy (non-hydrogen) atoms. The number of likely N-dealkylation sites (tertiary alicyclic amines) is 1. The Labute approximate surface area is 163 Å². The van der Waals surface area contributed by atoms with Crippen LogP contribution < -0.4 is 4.74 Å². The van der Waals surface area contributed by atoms with Gasteiger partial charge in [-0.15, -0.1) is 0 Å². The third-order valence-electron chi connectivity index (χ3n) is 4.82. The van der Waals surface area contributed by atoms with Gasteiger partial charge in [-0.25, -0.2) is 4.98 Å². The molecule has 4 rings (SSSR count). The SMILES string of the molecule is Cc1cccc(OCCc2noc(C3CCN(C(=O)c4cn(C)cn4)C3)n2)c1. The molecule has 0 aliphatic carbocycles. The number of carbonyl (C=O) groups is 1. The lowest BCUT2D eigenvalue weighted by Crippen LogP contribution is -2.28. The standard InChI is InChI=1S/C20H23N5O3/c1-14-4-3-5-16(10-14)27-9-7-18-22-19(28-23-18)15-6-8-25(11-15)20(26)17-12-24(2)13-21-17/h3-5,10,12-13,15H,6-9,11H2,1-2H3. The van der Waals surface area contributed by atoms with Crippen LogP contribution in [0, 0.1) is 6.92 Å². The van der Waals surface area contributed by atoms with Crippen LogP contribution in [-0.4, -0.2) is 50.2 Å². The number of ether oxygens (including phenoxy) is 1. The van der Waals surface area contributed by atoms with Crippen molar-refractivity contribution in [2.24, 2.45) is 7.05 Å². The van der Waals surface area contributed by atoms with Crippen LogP contribution in [0.1, 0.15) is 40.1 Å². The van der Waals surface area contributed by atoms with Gasteiger partial charge in [0.1, 0.15) is 11.4 Å². The van der Waals surface area contributed by atoms with Gasteiger partial charge < -0.3 is 18.7 Å². The maximum absolute atomic E-state index is 12.5. The van der Waals surface area contributed by atoms with Gasteiger partial charge in [0, 0.05) is 32.8 Å². The second-order valence-electron chi connectivity index (χ2n) is 7.12. The van der Waals surface area contributed by atoms with Crippen LogP contribution in [0.3, 0.4) is 0 Å². The fraction of sp³-hybridized carbons (Fsp3) is 0.400. The number of carbonyl (C=O) groups excluding carboxylic acids is 1. The lowest BCUT2D eigenvalue weighted by Gasteiger charge is -2.13. The van der Waals surface area contributed by atoms with E-state index in [0.717, 1.165) is 17.7 Å². The summed E-state index contributed by atoms with van der Waals surface area (Å²) in [5, 5.41) is 4.06. The van der Waals surface area contributed by atoms with Gasteiger partial charge in [0.05, 0.1) is 18.9 Å². The van der Waals surface area contributed by atoms with Crippen LogP contribution in [0.2, 0.25) is 0 Å². The van der Waals surface area contributed by atoms with Gasteiger partial charge in [-0.05, 0) is 31.0 Å². The van der Waals surface area contributed by atoms with Crippen LogP contribution in [0.4, 0.5) is 0 Å². The van der Waals surface area contributed by atoms with Crippen molar-refractivity contribution in [2.75, 3.05) is 19.7 Å². The van der Waals surface area contributed by atoms with Gasteiger partial charge in [-0.2, -0.15) is 4.98 Å². The molecule has 1 aromatic carbocycles. The Morgan fingerprint density at radius 3 is 3.07 bits per heavy atom. The van der Waals surface area contributed by atoms with Crippen LogP contribution in [-0.2, 0) is 13.5 Å². The van der Waals surface area contributed by atoms with E-state index in [1.54, 1.807) is 22.0 Å². The molecule has 1 unspecified atom stereocenters. The molecule has 0 radical (unpaired) electrons. The normalized spacial score (nSPS) is 16.5. The Kier molecular flexibility index (Phi) is 5.10. The summed E-state index contributed by atoms with van der Waals surface area (Å²) in [7, 11) is 1.85. The minimum absolute atomic E-state index is 0.0607. The molecule has 3 heterocycles. The number of aromatic nitrogens is 4. The van der Waals surface area contributed by atoms with Crippen molar-refractivity contribution in [2.45, 2.75) is 25.7 Å². The van der Waals surface area contributed by atoms with E-state index in [1.807, 2.05) is 38.2 Å². The molecule has 1 saturated heterocycles. The van der Waals surface area contributed by atoms with Gasteiger partial charge in [0.15, 0.2) is 5.82 Å². The highest BCUT2D eigenvalue weighted by Crippen LogP contribution is 2.27. The number of hydrogen-bond acceptors (Lipinski definition) is 6. The molecule has 1 aliphatic heterocycles.